The van der Waals surface area contributed by atoms with Crippen molar-refractivity contribution >= 4 is 0 Å². The Morgan fingerprint density at radius 2 is 1.26 bits per heavy atom. The van der Waals surface area contributed by atoms with Crippen LogP contribution in [0.15, 0.2) is 36.4 Å². The topological polar surface area (TPSA) is 27.7 Å². The maximum Gasteiger partial charge on any atom is 0.201 e. The van der Waals surface area contributed by atoms with E-state index in [-0.39, 0.29) is 11.3 Å². The highest BCUT2D eigenvalue weighted by Crippen LogP contribution is 2.33. The minimum atomic E-state index is -0.918. The van der Waals surface area contributed by atoms with Gasteiger partial charge in [-0.2, -0.15) is 4.39 Å². The van der Waals surface area contributed by atoms with Crippen molar-refractivity contribution in [1.29, 1.82) is 0 Å². The summed E-state index contributed by atoms with van der Waals surface area (Å²) >= 11 is 0. The van der Waals surface area contributed by atoms with E-state index >= 15 is 0 Å². The van der Waals surface area contributed by atoms with Gasteiger partial charge in [0.25, 0.3) is 0 Å². The molecule has 1 saturated carbocycles. The van der Waals surface area contributed by atoms with Crippen LogP contribution in [0.1, 0.15) is 134 Å². The number of ether oxygens (including phenoxy) is 3. The van der Waals surface area contributed by atoms with Crippen molar-refractivity contribution in [3.8, 4) is 16.9 Å². The molecule has 1 saturated heterocycles. The summed E-state index contributed by atoms with van der Waals surface area (Å²) in [5.41, 5.74) is 1.74. The van der Waals surface area contributed by atoms with E-state index in [0.29, 0.717) is 31.3 Å². The predicted molar refractivity (Wildman–Crippen MR) is 168 cm³/mol. The standard InChI is InChI=1S/C37H54F2O3/c1-2-3-4-5-6-8-12-19-30-27-41-37(42-28-30)32-22-20-31(21-23-32)33-24-25-34(36(39)35(33)38)40-26-15-10-7-9-11-16-29-17-13-14-18-29/h20-25,29-30,37H,2-19,26-28H2,1H3. The molecule has 2 aromatic carbocycles. The first-order chi connectivity index (χ1) is 20.7. The maximum atomic E-state index is 15.0. The summed E-state index contributed by atoms with van der Waals surface area (Å²) in [5, 5.41) is 0. The van der Waals surface area contributed by atoms with E-state index < -0.39 is 17.9 Å². The second-order valence-electron chi connectivity index (χ2n) is 12.7. The lowest BCUT2D eigenvalue weighted by atomic mass is 9.99. The van der Waals surface area contributed by atoms with Crippen LogP contribution in [0.3, 0.4) is 0 Å². The highest BCUT2D eigenvalue weighted by atomic mass is 19.2. The molecule has 0 radical (unpaired) electrons. The molecule has 1 aliphatic heterocycles. The quantitative estimate of drug-likeness (QED) is 0.154. The van der Waals surface area contributed by atoms with E-state index in [9.17, 15) is 8.78 Å². The van der Waals surface area contributed by atoms with Crippen molar-refractivity contribution in [2.75, 3.05) is 19.8 Å². The predicted octanol–water partition coefficient (Wildman–Crippen LogP) is 11.3. The molecule has 1 aliphatic carbocycles. The van der Waals surface area contributed by atoms with Gasteiger partial charge >= 0.3 is 0 Å². The Labute approximate surface area is 253 Å². The Bertz CT molecular complexity index is 1010. The van der Waals surface area contributed by atoms with Gasteiger partial charge in [0.15, 0.2) is 17.9 Å². The van der Waals surface area contributed by atoms with E-state index in [0.717, 1.165) is 30.7 Å². The number of unbranched alkanes of at least 4 members (excludes halogenated alkanes) is 10. The molecule has 2 fully saturated rings. The number of rotatable bonds is 19. The Morgan fingerprint density at radius 1 is 0.667 bits per heavy atom. The number of hydrogen-bond acceptors (Lipinski definition) is 3. The molecule has 0 unspecified atom stereocenters. The lowest BCUT2D eigenvalue weighted by molar-refractivity contribution is -0.206. The van der Waals surface area contributed by atoms with Gasteiger partial charge in [0, 0.05) is 17.0 Å². The van der Waals surface area contributed by atoms with Crippen LogP contribution >= 0.6 is 0 Å². The third-order valence-electron chi connectivity index (χ3n) is 9.21. The second kappa shape index (κ2) is 18.6. The zero-order valence-electron chi connectivity index (χ0n) is 26.0. The summed E-state index contributed by atoms with van der Waals surface area (Å²) in [4.78, 5) is 0. The SMILES string of the molecule is CCCCCCCCCC1COC(c2ccc(-c3ccc(OCCCCCCCC4CCCC4)c(F)c3F)cc2)OC1. The summed E-state index contributed by atoms with van der Waals surface area (Å²) in [5.74, 6) is -0.390. The van der Waals surface area contributed by atoms with E-state index in [1.807, 2.05) is 12.1 Å². The summed E-state index contributed by atoms with van der Waals surface area (Å²) < 4.78 is 47.4. The summed E-state index contributed by atoms with van der Waals surface area (Å²) in [6.45, 7) is 4.06. The monoisotopic (exact) mass is 584 g/mol. The van der Waals surface area contributed by atoms with Crippen LogP contribution in [0.25, 0.3) is 11.1 Å². The van der Waals surface area contributed by atoms with Gasteiger partial charge in [-0.1, -0.05) is 134 Å². The maximum absolute atomic E-state index is 15.0. The van der Waals surface area contributed by atoms with Crippen LogP contribution < -0.4 is 4.74 Å². The molecule has 1 heterocycles. The van der Waals surface area contributed by atoms with E-state index in [1.165, 1.54) is 96.3 Å². The van der Waals surface area contributed by atoms with Gasteiger partial charge in [-0.15, -0.1) is 0 Å². The molecule has 2 aromatic rings. The van der Waals surface area contributed by atoms with Crippen LogP contribution in [0, 0.1) is 23.5 Å². The first kappa shape index (κ1) is 32.9. The number of benzene rings is 2. The van der Waals surface area contributed by atoms with Crippen molar-refractivity contribution in [2.45, 2.75) is 129 Å². The fraction of sp³-hybridized carbons (Fsp3) is 0.676. The molecule has 0 bridgehead atoms. The highest BCUT2D eigenvalue weighted by Gasteiger charge is 2.24. The van der Waals surface area contributed by atoms with Crippen molar-refractivity contribution in [1.82, 2.24) is 0 Å². The molecular formula is C37H54F2O3. The molecule has 0 N–H and O–H groups in total. The third-order valence-corrected chi connectivity index (χ3v) is 9.21. The first-order valence-corrected chi connectivity index (χ1v) is 17.1. The zero-order chi connectivity index (χ0) is 29.4. The van der Waals surface area contributed by atoms with Crippen LogP contribution in [0.2, 0.25) is 0 Å². The normalized spacial score (nSPS) is 19.4. The lowest BCUT2D eigenvalue weighted by Gasteiger charge is -2.29. The molecule has 0 spiro atoms. The zero-order valence-corrected chi connectivity index (χ0v) is 26.0. The number of halogens is 2. The van der Waals surface area contributed by atoms with Crippen LogP contribution in [-0.2, 0) is 9.47 Å². The fourth-order valence-corrected chi connectivity index (χ4v) is 6.52. The van der Waals surface area contributed by atoms with E-state index in [2.05, 4.69) is 6.92 Å². The Balaban J connectivity index is 1.14. The molecule has 0 aromatic heterocycles. The average Bonchev–Trinajstić information content (AvgIpc) is 3.54. The van der Waals surface area contributed by atoms with Gasteiger partial charge < -0.3 is 14.2 Å². The highest BCUT2D eigenvalue weighted by molar-refractivity contribution is 5.65. The lowest BCUT2D eigenvalue weighted by Crippen LogP contribution is -2.27. The number of hydrogen-bond donors (Lipinski definition) is 0. The van der Waals surface area contributed by atoms with Crippen LogP contribution in [0.5, 0.6) is 5.75 Å². The van der Waals surface area contributed by atoms with Gasteiger partial charge in [-0.3, -0.25) is 0 Å². The second-order valence-corrected chi connectivity index (χ2v) is 12.7. The van der Waals surface area contributed by atoms with Gasteiger partial charge in [0.05, 0.1) is 19.8 Å². The van der Waals surface area contributed by atoms with Gasteiger partial charge in [-0.05, 0) is 36.5 Å². The molecule has 3 nitrogen and oxygen atoms in total. The minimum absolute atomic E-state index is 0.0100. The van der Waals surface area contributed by atoms with E-state index in [1.54, 1.807) is 24.3 Å². The van der Waals surface area contributed by atoms with Crippen molar-refractivity contribution in [2.24, 2.45) is 11.8 Å². The van der Waals surface area contributed by atoms with Gasteiger partial charge in [0.1, 0.15) is 0 Å². The molecular weight excluding hydrogens is 530 g/mol. The first-order valence-electron chi connectivity index (χ1n) is 17.1. The molecule has 0 atom stereocenters. The van der Waals surface area contributed by atoms with Gasteiger partial charge in [-0.25, -0.2) is 4.39 Å². The third kappa shape index (κ3) is 10.6. The average molecular weight is 585 g/mol. The Kier molecular flexibility index (Phi) is 14.6. The van der Waals surface area contributed by atoms with Crippen molar-refractivity contribution in [3.63, 3.8) is 0 Å². The van der Waals surface area contributed by atoms with Gasteiger partial charge in [0.2, 0.25) is 5.82 Å². The molecule has 2 aliphatic rings. The largest absolute Gasteiger partial charge is 0.490 e. The molecule has 5 heteroatoms. The van der Waals surface area contributed by atoms with E-state index in [4.69, 9.17) is 14.2 Å². The van der Waals surface area contributed by atoms with Crippen molar-refractivity contribution < 1.29 is 23.0 Å². The van der Waals surface area contributed by atoms with Crippen LogP contribution in [0.4, 0.5) is 8.78 Å². The molecule has 42 heavy (non-hydrogen) atoms. The van der Waals surface area contributed by atoms with Crippen LogP contribution in [-0.4, -0.2) is 19.8 Å². The van der Waals surface area contributed by atoms with Crippen molar-refractivity contribution in [3.05, 3.63) is 53.6 Å². The minimum Gasteiger partial charge on any atom is -0.490 e. The molecule has 0 amide bonds. The fourth-order valence-electron chi connectivity index (χ4n) is 6.52. The Hall–Kier alpha value is -1.98. The summed E-state index contributed by atoms with van der Waals surface area (Å²) in [6, 6.07) is 10.5. The smallest absolute Gasteiger partial charge is 0.201 e. The Morgan fingerprint density at radius 3 is 1.93 bits per heavy atom. The molecule has 234 valence electrons. The summed E-state index contributed by atoms with van der Waals surface area (Å²) in [6.07, 6.45) is 22.6. The summed E-state index contributed by atoms with van der Waals surface area (Å²) in [7, 11) is 0. The molecule has 4 rings (SSSR count).